The molecule has 1 aromatic rings. The van der Waals surface area contributed by atoms with Crippen LogP contribution in [0.1, 0.15) is 10.4 Å². The number of carbonyl (C=O) groups excluding carboxylic acids is 2. The molecule has 0 aromatic heterocycles. The Morgan fingerprint density at radius 3 is 2.48 bits per heavy atom. The summed E-state index contributed by atoms with van der Waals surface area (Å²) in [6.45, 7) is 3.34. The van der Waals surface area contributed by atoms with Gasteiger partial charge in [-0.1, -0.05) is 12.1 Å². The number of hydrogen-bond acceptors (Lipinski definition) is 5. The van der Waals surface area contributed by atoms with Gasteiger partial charge in [-0.15, -0.1) is 0 Å². The number of likely N-dealkylation sites (N-methyl/N-ethyl adjacent to an activating group) is 1. The van der Waals surface area contributed by atoms with Gasteiger partial charge < -0.3 is 15.0 Å². The van der Waals surface area contributed by atoms with E-state index in [1.54, 1.807) is 24.3 Å². The fourth-order valence-electron chi connectivity index (χ4n) is 2.09. The number of piperazine rings is 1. The first kappa shape index (κ1) is 15.3. The molecule has 114 valence electrons. The number of esters is 1. The summed E-state index contributed by atoms with van der Waals surface area (Å²) in [5, 5.41) is 4.54. The number of anilines is 1. The van der Waals surface area contributed by atoms with Gasteiger partial charge in [-0.3, -0.25) is 5.43 Å². The van der Waals surface area contributed by atoms with Gasteiger partial charge in [0.05, 0.1) is 18.4 Å². The molecule has 0 bridgehead atoms. The summed E-state index contributed by atoms with van der Waals surface area (Å²) in [4.78, 5) is 25.8. The van der Waals surface area contributed by atoms with Crippen molar-refractivity contribution in [2.24, 2.45) is 0 Å². The van der Waals surface area contributed by atoms with E-state index in [-0.39, 0.29) is 6.03 Å². The number of hydrogen-bond donors (Lipinski definition) is 2. The smallest absolute Gasteiger partial charge is 0.339 e. The minimum absolute atomic E-state index is 0.327. The molecule has 0 unspecified atom stereocenters. The maximum atomic E-state index is 12.0. The Morgan fingerprint density at radius 1 is 1.14 bits per heavy atom. The van der Waals surface area contributed by atoms with Gasteiger partial charge in [-0.25, -0.2) is 14.6 Å². The number of benzene rings is 1. The largest absolute Gasteiger partial charge is 0.465 e. The van der Waals surface area contributed by atoms with Crippen molar-refractivity contribution in [3.8, 4) is 0 Å². The molecule has 1 aliphatic heterocycles. The molecular formula is C14H20N4O3. The lowest BCUT2D eigenvalue weighted by Crippen LogP contribution is -2.53. The Morgan fingerprint density at radius 2 is 1.81 bits per heavy atom. The summed E-state index contributed by atoms with van der Waals surface area (Å²) in [7, 11) is 3.35. The van der Waals surface area contributed by atoms with E-state index in [0.717, 1.165) is 26.2 Å². The molecule has 0 radical (unpaired) electrons. The zero-order valence-corrected chi connectivity index (χ0v) is 12.3. The molecule has 1 aliphatic rings. The van der Waals surface area contributed by atoms with Gasteiger partial charge >= 0.3 is 12.0 Å². The average molecular weight is 292 g/mol. The molecule has 7 nitrogen and oxygen atoms in total. The highest BCUT2D eigenvalue weighted by molar-refractivity contribution is 6.00. The van der Waals surface area contributed by atoms with E-state index in [1.807, 2.05) is 12.1 Å². The number of nitrogens with zero attached hydrogens (tertiary/aromatic N) is 2. The summed E-state index contributed by atoms with van der Waals surface area (Å²) >= 11 is 0. The average Bonchev–Trinajstić information content (AvgIpc) is 2.49. The summed E-state index contributed by atoms with van der Waals surface area (Å²) in [6, 6.07) is 6.37. The van der Waals surface area contributed by atoms with Crippen LogP contribution in [0.5, 0.6) is 0 Å². The molecule has 1 saturated heterocycles. The minimum Gasteiger partial charge on any atom is -0.465 e. The number of methoxy groups -OCH3 is 1. The molecule has 0 aliphatic carbocycles. The van der Waals surface area contributed by atoms with E-state index < -0.39 is 5.97 Å². The van der Waals surface area contributed by atoms with E-state index in [0.29, 0.717) is 11.3 Å². The van der Waals surface area contributed by atoms with Crippen LogP contribution >= 0.6 is 0 Å². The molecule has 0 atom stereocenters. The van der Waals surface area contributed by atoms with Gasteiger partial charge in [0.1, 0.15) is 0 Å². The lowest BCUT2D eigenvalue weighted by molar-refractivity contribution is 0.0602. The summed E-state index contributed by atoms with van der Waals surface area (Å²) in [5.41, 5.74) is 3.53. The van der Waals surface area contributed by atoms with Gasteiger partial charge in [-0.2, -0.15) is 0 Å². The molecule has 2 rings (SSSR count). The molecule has 2 N–H and O–H groups in total. The first-order valence-electron chi connectivity index (χ1n) is 6.78. The highest BCUT2D eigenvalue weighted by Crippen LogP contribution is 2.15. The number of hydrazine groups is 1. The van der Waals surface area contributed by atoms with Crippen molar-refractivity contribution in [3.63, 3.8) is 0 Å². The van der Waals surface area contributed by atoms with Crippen molar-refractivity contribution in [1.29, 1.82) is 0 Å². The van der Waals surface area contributed by atoms with Crippen LogP contribution in [-0.2, 0) is 4.74 Å². The van der Waals surface area contributed by atoms with Crippen molar-refractivity contribution in [2.75, 3.05) is 45.7 Å². The van der Waals surface area contributed by atoms with Crippen LogP contribution in [0, 0.1) is 0 Å². The van der Waals surface area contributed by atoms with Gasteiger partial charge in [0.2, 0.25) is 0 Å². The summed E-state index contributed by atoms with van der Waals surface area (Å²) in [6.07, 6.45) is 0. The lowest BCUT2D eigenvalue weighted by atomic mass is 10.2. The van der Waals surface area contributed by atoms with E-state index in [2.05, 4.69) is 15.6 Å². The van der Waals surface area contributed by atoms with E-state index in [9.17, 15) is 9.59 Å². The van der Waals surface area contributed by atoms with Crippen LogP contribution in [0.4, 0.5) is 10.5 Å². The van der Waals surface area contributed by atoms with Gasteiger partial charge in [0.25, 0.3) is 0 Å². The molecule has 1 heterocycles. The molecule has 1 fully saturated rings. The second-order valence-corrected chi connectivity index (χ2v) is 4.89. The molecule has 1 aromatic carbocycles. The predicted octanol–water partition coefficient (Wildman–Crippen LogP) is 0.757. The number of amides is 2. The topological polar surface area (TPSA) is 73.9 Å². The van der Waals surface area contributed by atoms with E-state index >= 15 is 0 Å². The van der Waals surface area contributed by atoms with E-state index in [1.165, 1.54) is 7.11 Å². The van der Waals surface area contributed by atoms with E-state index in [4.69, 9.17) is 4.74 Å². The number of ether oxygens (including phenoxy) is 1. The minimum atomic E-state index is -0.481. The fourth-order valence-corrected chi connectivity index (χ4v) is 2.09. The van der Waals surface area contributed by atoms with Crippen LogP contribution < -0.4 is 10.7 Å². The standard InChI is InChI=1S/C14H20N4O3/c1-17-7-9-18(10-8-17)16-14(20)15-12-6-4-3-5-11(12)13(19)21-2/h3-6H,7-10H2,1-2H3,(H2,15,16,20). The Bertz CT molecular complexity index is 513. The van der Waals surface area contributed by atoms with Crippen molar-refractivity contribution in [2.45, 2.75) is 0 Å². The Hall–Kier alpha value is -2.12. The first-order chi connectivity index (χ1) is 10.1. The highest BCUT2D eigenvalue weighted by atomic mass is 16.5. The number of carbonyl (C=O) groups is 2. The zero-order chi connectivity index (χ0) is 15.2. The highest BCUT2D eigenvalue weighted by Gasteiger charge is 2.17. The number of rotatable bonds is 3. The summed E-state index contributed by atoms with van der Waals surface area (Å²) < 4.78 is 4.69. The number of nitrogens with one attached hydrogen (secondary N) is 2. The number of para-hydroxylation sites is 1. The SMILES string of the molecule is COC(=O)c1ccccc1NC(=O)NN1CCN(C)CC1. The lowest BCUT2D eigenvalue weighted by Gasteiger charge is -2.32. The van der Waals surface area contributed by atoms with Crippen molar-refractivity contribution in [1.82, 2.24) is 15.3 Å². The van der Waals surface area contributed by atoms with Crippen molar-refractivity contribution < 1.29 is 14.3 Å². The van der Waals surface area contributed by atoms with Crippen LogP contribution in [0.2, 0.25) is 0 Å². The molecule has 7 heteroatoms. The second kappa shape index (κ2) is 7.05. The number of urea groups is 1. The molecular weight excluding hydrogens is 272 g/mol. The third kappa shape index (κ3) is 4.17. The van der Waals surface area contributed by atoms with Gasteiger partial charge in [-0.05, 0) is 19.2 Å². The van der Waals surface area contributed by atoms with Crippen LogP contribution in [0.15, 0.2) is 24.3 Å². The van der Waals surface area contributed by atoms with Crippen LogP contribution in [0.25, 0.3) is 0 Å². The zero-order valence-electron chi connectivity index (χ0n) is 12.3. The Balaban J connectivity index is 1.95. The molecule has 0 saturated carbocycles. The van der Waals surface area contributed by atoms with Crippen molar-refractivity contribution >= 4 is 17.7 Å². The Kier molecular flexibility index (Phi) is 5.13. The summed E-state index contributed by atoms with van der Waals surface area (Å²) in [5.74, 6) is -0.481. The van der Waals surface area contributed by atoms with Gasteiger partial charge in [0.15, 0.2) is 0 Å². The second-order valence-electron chi connectivity index (χ2n) is 4.89. The van der Waals surface area contributed by atoms with Crippen LogP contribution in [-0.4, -0.2) is 62.2 Å². The third-order valence-corrected chi connectivity index (χ3v) is 3.34. The quantitative estimate of drug-likeness (QED) is 0.805. The molecule has 2 amide bonds. The first-order valence-corrected chi connectivity index (χ1v) is 6.78. The normalized spacial score (nSPS) is 16.3. The Labute approximate surface area is 123 Å². The molecule has 0 spiro atoms. The maximum Gasteiger partial charge on any atom is 0.339 e. The maximum absolute atomic E-state index is 12.0. The predicted molar refractivity (Wildman–Crippen MR) is 79.0 cm³/mol. The monoisotopic (exact) mass is 292 g/mol. The van der Waals surface area contributed by atoms with Crippen molar-refractivity contribution in [3.05, 3.63) is 29.8 Å². The third-order valence-electron chi connectivity index (χ3n) is 3.34. The fraction of sp³-hybridized carbons (Fsp3) is 0.429. The van der Waals surface area contributed by atoms with Crippen LogP contribution in [0.3, 0.4) is 0 Å². The molecule has 21 heavy (non-hydrogen) atoms. The van der Waals surface area contributed by atoms with Gasteiger partial charge in [0, 0.05) is 26.2 Å².